The second-order valence-electron chi connectivity index (χ2n) is 5.76. The monoisotopic (exact) mass is 346 g/mol. The standard InChI is InChI=1S/C18H19ClN2OS/c1-12(18(22)20-14-10-11-14)13-6-8-15(9-7-13)21-23-17-5-3-2-4-16(17)19/h2-9,12,14,21H,10-11H2,1H3,(H,20,22). The topological polar surface area (TPSA) is 41.1 Å². The summed E-state index contributed by atoms with van der Waals surface area (Å²) in [6.07, 6.45) is 2.22. The molecule has 0 aliphatic heterocycles. The highest BCUT2D eigenvalue weighted by atomic mass is 35.5. The maximum absolute atomic E-state index is 12.1. The Hall–Kier alpha value is -1.65. The average Bonchev–Trinajstić information content (AvgIpc) is 3.38. The Labute approximate surface area is 145 Å². The molecule has 1 saturated carbocycles. The van der Waals surface area contributed by atoms with Gasteiger partial charge in [-0.3, -0.25) is 4.79 Å². The molecule has 0 bridgehead atoms. The van der Waals surface area contributed by atoms with E-state index in [4.69, 9.17) is 11.6 Å². The Bertz CT molecular complexity index is 686. The number of anilines is 1. The first kappa shape index (κ1) is 16.2. The quantitative estimate of drug-likeness (QED) is 0.735. The summed E-state index contributed by atoms with van der Waals surface area (Å²) in [5, 5.41) is 3.77. The zero-order chi connectivity index (χ0) is 16.2. The molecule has 0 aromatic heterocycles. The Morgan fingerprint density at radius 2 is 1.87 bits per heavy atom. The summed E-state index contributed by atoms with van der Waals surface area (Å²) < 4.78 is 3.27. The molecule has 1 aliphatic carbocycles. The number of benzene rings is 2. The molecule has 1 atom stereocenters. The zero-order valence-corrected chi connectivity index (χ0v) is 14.5. The van der Waals surface area contributed by atoms with E-state index in [-0.39, 0.29) is 11.8 Å². The van der Waals surface area contributed by atoms with Crippen LogP contribution in [-0.2, 0) is 4.79 Å². The van der Waals surface area contributed by atoms with Crippen LogP contribution in [0, 0.1) is 0 Å². The van der Waals surface area contributed by atoms with Gasteiger partial charge in [0.05, 0.1) is 10.9 Å². The van der Waals surface area contributed by atoms with Gasteiger partial charge in [0.15, 0.2) is 0 Å². The lowest BCUT2D eigenvalue weighted by molar-refractivity contribution is -0.122. The summed E-state index contributed by atoms with van der Waals surface area (Å²) in [5.74, 6) is -0.0143. The summed E-state index contributed by atoms with van der Waals surface area (Å²) in [4.78, 5) is 13.1. The molecule has 3 nitrogen and oxygen atoms in total. The molecule has 3 rings (SSSR count). The van der Waals surface area contributed by atoms with Gasteiger partial charge in [-0.05, 0) is 61.5 Å². The van der Waals surface area contributed by atoms with Crippen LogP contribution in [0.1, 0.15) is 31.2 Å². The van der Waals surface area contributed by atoms with Crippen LogP contribution in [0.4, 0.5) is 5.69 Å². The Kier molecular flexibility index (Phi) is 5.13. The highest BCUT2D eigenvalue weighted by Crippen LogP contribution is 2.28. The first-order valence-electron chi connectivity index (χ1n) is 7.71. The molecule has 1 aliphatic rings. The summed E-state index contributed by atoms with van der Waals surface area (Å²) in [6.45, 7) is 1.94. The molecule has 120 valence electrons. The van der Waals surface area contributed by atoms with Crippen LogP contribution < -0.4 is 10.0 Å². The van der Waals surface area contributed by atoms with E-state index >= 15 is 0 Å². The maximum atomic E-state index is 12.1. The molecule has 0 heterocycles. The van der Waals surface area contributed by atoms with Crippen molar-refractivity contribution >= 4 is 35.1 Å². The molecule has 2 aromatic carbocycles. The van der Waals surface area contributed by atoms with Crippen LogP contribution in [0.25, 0.3) is 0 Å². The molecule has 2 N–H and O–H groups in total. The van der Waals surface area contributed by atoms with Gasteiger partial charge in [0, 0.05) is 16.6 Å². The largest absolute Gasteiger partial charge is 0.353 e. The average molecular weight is 347 g/mol. The normalized spacial score (nSPS) is 15.0. The second-order valence-corrected chi connectivity index (χ2v) is 7.02. The molecular weight excluding hydrogens is 328 g/mol. The zero-order valence-electron chi connectivity index (χ0n) is 12.9. The summed E-state index contributed by atoms with van der Waals surface area (Å²) in [7, 11) is 0. The van der Waals surface area contributed by atoms with Gasteiger partial charge < -0.3 is 10.0 Å². The van der Waals surface area contributed by atoms with Crippen molar-refractivity contribution in [3.63, 3.8) is 0 Å². The Morgan fingerprint density at radius 3 is 2.52 bits per heavy atom. The third-order valence-corrected chi connectivity index (χ3v) is 5.20. The van der Waals surface area contributed by atoms with Crippen molar-refractivity contribution in [3.8, 4) is 0 Å². The molecule has 0 spiro atoms. The van der Waals surface area contributed by atoms with Crippen molar-refractivity contribution in [2.24, 2.45) is 0 Å². The summed E-state index contributed by atoms with van der Waals surface area (Å²) in [6, 6.07) is 16.1. The minimum absolute atomic E-state index is 0.110. The van der Waals surface area contributed by atoms with Gasteiger partial charge in [-0.1, -0.05) is 35.9 Å². The van der Waals surface area contributed by atoms with Crippen LogP contribution >= 0.6 is 23.5 Å². The lowest BCUT2D eigenvalue weighted by Crippen LogP contribution is -2.29. The Morgan fingerprint density at radius 1 is 1.17 bits per heavy atom. The minimum Gasteiger partial charge on any atom is -0.353 e. The lowest BCUT2D eigenvalue weighted by atomic mass is 10.00. The van der Waals surface area contributed by atoms with Crippen LogP contribution in [0.5, 0.6) is 0 Å². The van der Waals surface area contributed by atoms with Crippen LogP contribution in [-0.4, -0.2) is 11.9 Å². The second kappa shape index (κ2) is 7.28. The molecule has 2 aromatic rings. The van der Waals surface area contributed by atoms with Crippen molar-refractivity contribution < 1.29 is 4.79 Å². The number of rotatable bonds is 6. The predicted molar refractivity (Wildman–Crippen MR) is 97.0 cm³/mol. The van der Waals surface area contributed by atoms with Crippen molar-refractivity contribution in [3.05, 3.63) is 59.1 Å². The van der Waals surface area contributed by atoms with Crippen molar-refractivity contribution in [1.82, 2.24) is 5.32 Å². The first-order valence-corrected chi connectivity index (χ1v) is 8.90. The van der Waals surface area contributed by atoms with Gasteiger partial charge in [-0.2, -0.15) is 0 Å². The lowest BCUT2D eigenvalue weighted by Gasteiger charge is -2.13. The minimum atomic E-state index is -0.124. The number of carbonyl (C=O) groups excluding carboxylic acids is 1. The predicted octanol–water partition coefficient (Wildman–Crippen LogP) is 4.84. The van der Waals surface area contributed by atoms with Crippen LogP contribution in [0.3, 0.4) is 0 Å². The van der Waals surface area contributed by atoms with E-state index in [2.05, 4.69) is 10.0 Å². The fourth-order valence-corrected chi connectivity index (χ4v) is 3.11. The van der Waals surface area contributed by atoms with Gasteiger partial charge >= 0.3 is 0 Å². The number of halogens is 1. The molecule has 1 amide bonds. The molecule has 0 radical (unpaired) electrons. The molecule has 23 heavy (non-hydrogen) atoms. The van der Waals surface area contributed by atoms with E-state index in [9.17, 15) is 4.79 Å². The third kappa shape index (κ3) is 4.43. The van der Waals surface area contributed by atoms with E-state index < -0.39 is 0 Å². The smallest absolute Gasteiger partial charge is 0.227 e. The highest BCUT2D eigenvalue weighted by molar-refractivity contribution is 8.00. The van der Waals surface area contributed by atoms with E-state index in [0.717, 1.165) is 34.0 Å². The van der Waals surface area contributed by atoms with Crippen LogP contribution in [0.15, 0.2) is 53.4 Å². The van der Waals surface area contributed by atoms with Crippen molar-refractivity contribution in [2.45, 2.75) is 36.6 Å². The third-order valence-electron chi connectivity index (χ3n) is 3.84. The van der Waals surface area contributed by atoms with E-state index in [0.29, 0.717) is 6.04 Å². The number of hydrogen-bond donors (Lipinski definition) is 2. The summed E-state index contributed by atoms with van der Waals surface area (Å²) >= 11 is 7.61. The molecular formula is C18H19ClN2OS. The molecule has 1 unspecified atom stereocenters. The fraction of sp³-hybridized carbons (Fsp3) is 0.278. The molecule has 1 fully saturated rings. The first-order chi connectivity index (χ1) is 11.1. The van der Waals surface area contributed by atoms with Crippen LogP contribution in [0.2, 0.25) is 5.02 Å². The highest BCUT2D eigenvalue weighted by Gasteiger charge is 2.26. The number of hydrogen-bond acceptors (Lipinski definition) is 3. The van der Waals surface area contributed by atoms with Gasteiger partial charge in [-0.25, -0.2) is 0 Å². The van der Waals surface area contributed by atoms with E-state index in [1.807, 2.05) is 55.5 Å². The Balaban J connectivity index is 1.58. The van der Waals surface area contributed by atoms with Crippen molar-refractivity contribution in [1.29, 1.82) is 0 Å². The molecule has 0 saturated heterocycles. The fourth-order valence-electron chi connectivity index (χ4n) is 2.19. The maximum Gasteiger partial charge on any atom is 0.227 e. The SMILES string of the molecule is CC(C(=O)NC1CC1)c1ccc(NSc2ccccc2Cl)cc1. The van der Waals surface area contributed by atoms with E-state index in [1.54, 1.807) is 0 Å². The van der Waals surface area contributed by atoms with Gasteiger partial charge in [0.1, 0.15) is 0 Å². The summed E-state index contributed by atoms with van der Waals surface area (Å²) in [5.41, 5.74) is 2.00. The van der Waals surface area contributed by atoms with Gasteiger partial charge in [-0.15, -0.1) is 0 Å². The van der Waals surface area contributed by atoms with E-state index in [1.165, 1.54) is 11.9 Å². The number of nitrogens with one attached hydrogen (secondary N) is 2. The van der Waals surface area contributed by atoms with Crippen molar-refractivity contribution in [2.75, 3.05) is 4.72 Å². The molecule has 5 heteroatoms. The number of carbonyl (C=O) groups is 1. The number of amides is 1. The van der Waals surface area contributed by atoms with Gasteiger partial charge in [0.25, 0.3) is 0 Å². The van der Waals surface area contributed by atoms with Gasteiger partial charge in [0.2, 0.25) is 5.91 Å².